The molecule has 106 valence electrons. The molecule has 1 saturated carbocycles. The maximum Gasteiger partial charge on any atom is 0.272 e. The second-order valence-electron chi connectivity index (χ2n) is 5.85. The molecule has 5 nitrogen and oxygen atoms in total. The van der Waals surface area contributed by atoms with Gasteiger partial charge in [-0.25, -0.2) is 0 Å². The smallest absolute Gasteiger partial charge is 0.272 e. The molecule has 2 atom stereocenters. The minimum absolute atomic E-state index is 0.00969. The van der Waals surface area contributed by atoms with Crippen molar-refractivity contribution in [3.8, 4) is 0 Å². The third-order valence-electron chi connectivity index (χ3n) is 4.43. The van der Waals surface area contributed by atoms with Gasteiger partial charge in [-0.1, -0.05) is 31.5 Å². The highest BCUT2D eigenvalue weighted by molar-refractivity contribution is 6.04. The van der Waals surface area contributed by atoms with Gasteiger partial charge < -0.3 is 10.4 Å². The van der Waals surface area contributed by atoms with Crippen LogP contribution in [0.1, 0.15) is 36.7 Å². The Morgan fingerprint density at radius 2 is 2.35 bits per heavy atom. The van der Waals surface area contributed by atoms with Gasteiger partial charge in [0.1, 0.15) is 0 Å². The minimum atomic E-state index is -0.220. The van der Waals surface area contributed by atoms with E-state index in [1.54, 1.807) is 0 Å². The number of nitrogens with one attached hydrogen (secondary N) is 2. The molecular formula is C15H19N3O2. The Kier molecular flexibility index (Phi) is 3.22. The lowest BCUT2D eigenvalue weighted by atomic mass is 9.86. The molecule has 0 aliphatic heterocycles. The average Bonchev–Trinajstić information content (AvgIpc) is 3.04. The summed E-state index contributed by atoms with van der Waals surface area (Å²) in [4.78, 5) is 12.4. The summed E-state index contributed by atoms with van der Waals surface area (Å²) >= 11 is 0. The first-order valence-corrected chi connectivity index (χ1v) is 6.99. The van der Waals surface area contributed by atoms with E-state index in [0.29, 0.717) is 5.69 Å². The second-order valence-corrected chi connectivity index (χ2v) is 5.85. The van der Waals surface area contributed by atoms with Gasteiger partial charge in [-0.05, 0) is 18.9 Å². The van der Waals surface area contributed by atoms with Crippen LogP contribution in [0.15, 0.2) is 24.3 Å². The lowest BCUT2D eigenvalue weighted by molar-refractivity contribution is 0.0827. The van der Waals surface area contributed by atoms with E-state index >= 15 is 0 Å². The highest BCUT2D eigenvalue weighted by Crippen LogP contribution is 2.37. The Balaban J connectivity index is 1.83. The molecule has 1 amide bonds. The molecule has 3 N–H and O–H groups in total. The summed E-state index contributed by atoms with van der Waals surface area (Å²) in [6, 6.07) is 7.58. The number of hydrogen-bond donors (Lipinski definition) is 3. The van der Waals surface area contributed by atoms with Gasteiger partial charge in [0.25, 0.3) is 5.91 Å². The van der Waals surface area contributed by atoms with Crippen LogP contribution in [0.2, 0.25) is 0 Å². The summed E-state index contributed by atoms with van der Waals surface area (Å²) in [5.41, 5.74) is 1.06. The van der Waals surface area contributed by atoms with E-state index in [4.69, 9.17) is 0 Å². The van der Waals surface area contributed by atoms with E-state index in [9.17, 15) is 9.90 Å². The second kappa shape index (κ2) is 4.90. The van der Waals surface area contributed by atoms with E-state index in [2.05, 4.69) is 15.5 Å². The van der Waals surface area contributed by atoms with Crippen molar-refractivity contribution in [1.82, 2.24) is 15.5 Å². The van der Waals surface area contributed by atoms with Crippen molar-refractivity contribution in [1.29, 1.82) is 0 Å². The highest BCUT2D eigenvalue weighted by atomic mass is 16.3. The molecule has 5 heteroatoms. The van der Waals surface area contributed by atoms with E-state index in [0.717, 1.165) is 30.2 Å². The molecule has 1 aromatic carbocycles. The fraction of sp³-hybridized carbons (Fsp3) is 0.467. The van der Waals surface area contributed by atoms with Gasteiger partial charge in [0.05, 0.1) is 12.1 Å². The Bertz CT molecular complexity index is 637. The van der Waals surface area contributed by atoms with Crippen LogP contribution in [0, 0.1) is 5.41 Å². The van der Waals surface area contributed by atoms with E-state index in [1.807, 2.05) is 31.2 Å². The number of benzene rings is 1. The largest absolute Gasteiger partial charge is 0.396 e. The zero-order chi connectivity index (χ0) is 14.2. The molecule has 1 heterocycles. The molecule has 1 fully saturated rings. The zero-order valence-corrected chi connectivity index (χ0v) is 11.5. The first kappa shape index (κ1) is 13.1. The molecule has 1 aromatic heterocycles. The highest BCUT2D eigenvalue weighted by Gasteiger charge is 2.39. The van der Waals surface area contributed by atoms with Crippen LogP contribution in [-0.2, 0) is 0 Å². The summed E-state index contributed by atoms with van der Waals surface area (Å²) in [6.45, 7) is 2.12. The Morgan fingerprint density at radius 3 is 3.15 bits per heavy atom. The lowest BCUT2D eigenvalue weighted by Gasteiger charge is -2.29. The molecule has 1 aliphatic carbocycles. The Hall–Kier alpha value is -1.88. The number of aromatic nitrogens is 2. The molecule has 3 rings (SSSR count). The van der Waals surface area contributed by atoms with Crippen LogP contribution in [0.3, 0.4) is 0 Å². The standard InChI is InChI=1S/C15H19N3O2/c1-15(9-19)8-4-7-12(15)16-14(20)13-10-5-2-3-6-11(10)17-18-13/h2-3,5-6,12,19H,4,7-9H2,1H3,(H,16,20)(H,17,18). The van der Waals surface area contributed by atoms with Gasteiger partial charge in [-0.2, -0.15) is 5.10 Å². The van der Waals surface area contributed by atoms with Crippen molar-refractivity contribution >= 4 is 16.8 Å². The molecule has 20 heavy (non-hydrogen) atoms. The van der Waals surface area contributed by atoms with Gasteiger partial charge in [-0.3, -0.25) is 9.89 Å². The van der Waals surface area contributed by atoms with Gasteiger partial charge in [0.15, 0.2) is 5.69 Å². The number of fused-ring (bicyclic) bond motifs is 1. The molecule has 0 bridgehead atoms. The summed E-state index contributed by atoms with van der Waals surface area (Å²) in [6.07, 6.45) is 2.88. The van der Waals surface area contributed by atoms with Crippen molar-refractivity contribution in [3.63, 3.8) is 0 Å². The Labute approximate surface area is 117 Å². The first-order chi connectivity index (χ1) is 9.64. The number of aromatic amines is 1. The predicted octanol–water partition coefficient (Wildman–Crippen LogP) is 1.84. The normalized spacial score (nSPS) is 26.0. The summed E-state index contributed by atoms with van der Waals surface area (Å²) < 4.78 is 0. The maximum absolute atomic E-state index is 12.4. The van der Waals surface area contributed by atoms with E-state index < -0.39 is 0 Å². The summed E-state index contributed by atoms with van der Waals surface area (Å²) in [5.74, 6) is -0.172. The number of hydrogen-bond acceptors (Lipinski definition) is 3. The van der Waals surface area contributed by atoms with Crippen LogP contribution >= 0.6 is 0 Å². The summed E-state index contributed by atoms with van der Waals surface area (Å²) in [7, 11) is 0. The van der Waals surface area contributed by atoms with Crippen LogP contribution in [0.5, 0.6) is 0 Å². The van der Waals surface area contributed by atoms with Crippen LogP contribution < -0.4 is 5.32 Å². The molecule has 1 aliphatic rings. The van der Waals surface area contributed by atoms with E-state index in [1.165, 1.54) is 0 Å². The first-order valence-electron chi connectivity index (χ1n) is 6.99. The van der Waals surface area contributed by atoms with Gasteiger partial charge in [0, 0.05) is 16.8 Å². The number of rotatable bonds is 3. The van der Waals surface area contributed by atoms with Crippen molar-refractivity contribution in [3.05, 3.63) is 30.0 Å². The van der Waals surface area contributed by atoms with Crippen LogP contribution in [0.25, 0.3) is 10.9 Å². The van der Waals surface area contributed by atoms with Crippen LogP contribution in [-0.4, -0.2) is 33.9 Å². The number of aliphatic hydroxyl groups is 1. The third kappa shape index (κ3) is 2.08. The van der Waals surface area contributed by atoms with E-state index in [-0.39, 0.29) is 24.0 Å². The lowest BCUT2D eigenvalue weighted by Crippen LogP contribution is -2.44. The van der Waals surface area contributed by atoms with Gasteiger partial charge in [0.2, 0.25) is 0 Å². The monoisotopic (exact) mass is 273 g/mol. The fourth-order valence-corrected chi connectivity index (χ4v) is 3.03. The number of carbonyl (C=O) groups excluding carboxylic acids is 1. The van der Waals surface area contributed by atoms with Crippen molar-refractivity contribution in [2.24, 2.45) is 5.41 Å². The number of amides is 1. The minimum Gasteiger partial charge on any atom is -0.396 e. The predicted molar refractivity (Wildman–Crippen MR) is 76.4 cm³/mol. The molecular weight excluding hydrogens is 254 g/mol. The van der Waals surface area contributed by atoms with Crippen molar-refractivity contribution in [2.75, 3.05) is 6.61 Å². The quantitative estimate of drug-likeness (QED) is 0.798. The fourth-order valence-electron chi connectivity index (χ4n) is 3.03. The van der Waals surface area contributed by atoms with Crippen molar-refractivity contribution < 1.29 is 9.90 Å². The number of carbonyl (C=O) groups is 1. The van der Waals surface area contributed by atoms with Gasteiger partial charge in [-0.15, -0.1) is 0 Å². The molecule has 2 aromatic rings. The third-order valence-corrected chi connectivity index (χ3v) is 4.43. The SMILES string of the molecule is CC1(CO)CCCC1NC(=O)c1n[nH]c2ccccc12. The topological polar surface area (TPSA) is 78.0 Å². The number of H-pyrrole nitrogens is 1. The number of nitrogens with zero attached hydrogens (tertiary/aromatic N) is 1. The number of aliphatic hydroxyl groups excluding tert-OH is 1. The Morgan fingerprint density at radius 1 is 1.55 bits per heavy atom. The molecule has 0 radical (unpaired) electrons. The molecule has 2 unspecified atom stereocenters. The van der Waals surface area contributed by atoms with Crippen molar-refractivity contribution in [2.45, 2.75) is 32.2 Å². The van der Waals surface area contributed by atoms with Crippen LogP contribution in [0.4, 0.5) is 0 Å². The maximum atomic E-state index is 12.4. The number of para-hydroxylation sites is 1. The summed E-state index contributed by atoms with van der Waals surface area (Å²) in [5, 5.41) is 20.4. The molecule has 0 spiro atoms. The molecule has 0 saturated heterocycles. The average molecular weight is 273 g/mol. The van der Waals surface area contributed by atoms with Gasteiger partial charge >= 0.3 is 0 Å². The zero-order valence-electron chi connectivity index (χ0n) is 11.5.